The molecular formula is C6H5N6O3P. The van der Waals surface area contributed by atoms with Gasteiger partial charge in [-0.1, -0.05) is 0 Å². The second-order valence-corrected chi connectivity index (χ2v) is 3.20. The van der Waals surface area contributed by atoms with Gasteiger partial charge in [0, 0.05) is 0 Å². The van der Waals surface area contributed by atoms with Gasteiger partial charge >= 0.3 is 20.3 Å². The van der Waals surface area contributed by atoms with E-state index in [2.05, 4.69) is 29.9 Å². The molecule has 9 nitrogen and oxygen atoms in total. The van der Waals surface area contributed by atoms with Crippen LogP contribution >= 0.6 is 8.25 Å². The van der Waals surface area contributed by atoms with Crippen molar-refractivity contribution >= 4 is 8.25 Å². The molecule has 2 aromatic rings. The zero-order valence-electron chi connectivity index (χ0n) is 7.72. The molecule has 0 saturated carbocycles. The zero-order chi connectivity index (χ0) is 11.2. The van der Waals surface area contributed by atoms with Crippen LogP contribution in [0.25, 0.3) is 0 Å². The van der Waals surface area contributed by atoms with E-state index in [-0.39, 0.29) is 12.0 Å². The van der Waals surface area contributed by atoms with Crippen LogP contribution in [0.4, 0.5) is 0 Å². The lowest BCUT2D eigenvalue weighted by molar-refractivity contribution is 0.387. The Morgan fingerprint density at radius 3 is 1.56 bits per heavy atom. The molecule has 0 aromatic carbocycles. The van der Waals surface area contributed by atoms with Crippen molar-refractivity contribution in [3.8, 4) is 12.0 Å². The van der Waals surface area contributed by atoms with Gasteiger partial charge in [0.1, 0.15) is 25.3 Å². The van der Waals surface area contributed by atoms with Gasteiger partial charge in [-0.3, -0.25) is 0 Å². The third-order valence-electron chi connectivity index (χ3n) is 1.29. The fourth-order valence-electron chi connectivity index (χ4n) is 0.733. The standard InChI is InChI=1S/C6H5N6O3P/c13-16(14-5-9-1-7-2-10-5)15-6-11-3-8-4-12-6/h1-4,16H. The van der Waals surface area contributed by atoms with Crippen molar-refractivity contribution in [3.63, 3.8) is 0 Å². The van der Waals surface area contributed by atoms with Crippen molar-refractivity contribution in [3.05, 3.63) is 25.3 Å². The largest absolute Gasteiger partial charge is 0.423 e. The Balaban J connectivity index is 1.95. The second kappa shape index (κ2) is 5.08. The van der Waals surface area contributed by atoms with Crippen LogP contribution in [0, 0.1) is 0 Å². The summed E-state index contributed by atoms with van der Waals surface area (Å²) in [5.74, 6) is 0. The van der Waals surface area contributed by atoms with Crippen molar-refractivity contribution in [1.82, 2.24) is 29.9 Å². The maximum absolute atomic E-state index is 11.3. The van der Waals surface area contributed by atoms with Gasteiger partial charge in [-0.25, -0.2) is 14.5 Å². The Kier molecular flexibility index (Phi) is 3.29. The van der Waals surface area contributed by atoms with Crippen molar-refractivity contribution < 1.29 is 13.6 Å². The molecule has 0 radical (unpaired) electrons. The van der Waals surface area contributed by atoms with Gasteiger partial charge < -0.3 is 9.05 Å². The molecule has 2 heterocycles. The minimum atomic E-state index is -2.85. The summed E-state index contributed by atoms with van der Waals surface area (Å²) in [5.41, 5.74) is 0. The van der Waals surface area contributed by atoms with Gasteiger partial charge in [0.2, 0.25) is 0 Å². The monoisotopic (exact) mass is 240 g/mol. The third kappa shape index (κ3) is 2.92. The van der Waals surface area contributed by atoms with E-state index in [0.29, 0.717) is 0 Å². The second-order valence-electron chi connectivity index (χ2n) is 2.30. The highest BCUT2D eigenvalue weighted by Crippen LogP contribution is 2.24. The van der Waals surface area contributed by atoms with Gasteiger partial charge in [0.25, 0.3) is 0 Å². The van der Waals surface area contributed by atoms with Gasteiger partial charge in [-0.2, -0.15) is 19.9 Å². The summed E-state index contributed by atoms with van der Waals surface area (Å²) < 4.78 is 20.9. The van der Waals surface area contributed by atoms with E-state index in [1.54, 1.807) is 0 Å². The Hall–Kier alpha value is -2.15. The van der Waals surface area contributed by atoms with Crippen LogP contribution in [-0.2, 0) is 4.57 Å². The summed E-state index contributed by atoms with van der Waals surface area (Å²) in [5, 5.41) is 0. The van der Waals surface area contributed by atoms with Crippen molar-refractivity contribution in [2.75, 3.05) is 0 Å². The first-order valence-electron chi connectivity index (χ1n) is 3.98. The van der Waals surface area contributed by atoms with Crippen molar-refractivity contribution in [2.45, 2.75) is 0 Å². The van der Waals surface area contributed by atoms with E-state index in [9.17, 15) is 4.57 Å². The molecule has 0 bridgehead atoms. The molecule has 2 aromatic heterocycles. The van der Waals surface area contributed by atoms with Crippen LogP contribution in [0.3, 0.4) is 0 Å². The molecule has 0 saturated heterocycles. The van der Waals surface area contributed by atoms with Crippen LogP contribution in [-0.4, -0.2) is 29.9 Å². The number of hydrogen-bond donors (Lipinski definition) is 0. The first-order chi connectivity index (χ1) is 7.84. The zero-order valence-corrected chi connectivity index (χ0v) is 8.72. The number of aromatic nitrogens is 6. The van der Waals surface area contributed by atoms with E-state index in [0.717, 1.165) is 0 Å². The molecule has 0 N–H and O–H groups in total. The molecule has 0 spiro atoms. The van der Waals surface area contributed by atoms with Crippen LogP contribution in [0.2, 0.25) is 0 Å². The third-order valence-corrected chi connectivity index (χ3v) is 1.99. The average Bonchev–Trinajstić information content (AvgIpc) is 2.31. The topological polar surface area (TPSA) is 113 Å². The SMILES string of the molecule is O=[PH](Oc1ncncn1)Oc1ncncn1. The molecule has 0 atom stereocenters. The normalized spacial score (nSPS) is 10.1. The predicted molar refractivity (Wildman–Crippen MR) is 49.9 cm³/mol. The lowest BCUT2D eigenvalue weighted by atomic mass is 11.0. The Bertz CT molecular complexity index is 425. The van der Waals surface area contributed by atoms with E-state index < -0.39 is 8.25 Å². The van der Waals surface area contributed by atoms with Gasteiger partial charge in [-0.15, -0.1) is 0 Å². The number of rotatable bonds is 4. The molecule has 2 rings (SSSR count). The minimum Gasteiger partial charge on any atom is -0.382 e. The van der Waals surface area contributed by atoms with Crippen LogP contribution in [0.15, 0.2) is 25.3 Å². The fraction of sp³-hybridized carbons (Fsp3) is 0. The quantitative estimate of drug-likeness (QED) is 0.676. The molecule has 10 heteroatoms. The first kappa shape index (κ1) is 10.4. The summed E-state index contributed by atoms with van der Waals surface area (Å²) in [6.45, 7) is 0. The molecule has 0 aliphatic carbocycles. The lowest BCUT2D eigenvalue weighted by Crippen LogP contribution is -1.96. The summed E-state index contributed by atoms with van der Waals surface area (Å²) in [6.07, 6.45) is 4.83. The highest BCUT2D eigenvalue weighted by molar-refractivity contribution is 7.34. The molecule has 0 aliphatic heterocycles. The summed E-state index contributed by atoms with van der Waals surface area (Å²) in [6, 6.07) is -0.180. The summed E-state index contributed by atoms with van der Waals surface area (Å²) in [7, 11) is -2.85. The van der Waals surface area contributed by atoms with E-state index in [1.165, 1.54) is 25.3 Å². The van der Waals surface area contributed by atoms with Crippen LogP contribution in [0.5, 0.6) is 12.0 Å². The maximum atomic E-state index is 11.3. The average molecular weight is 240 g/mol. The summed E-state index contributed by atoms with van der Waals surface area (Å²) in [4.78, 5) is 21.6. The fourth-order valence-corrected chi connectivity index (χ4v) is 1.28. The van der Waals surface area contributed by atoms with Gasteiger partial charge in [-0.05, 0) is 0 Å². The predicted octanol–water partition coefficient (Wildman–Crippen LogP) is -0.0959. The van der Waals surface area contributed by atoms with Crippen LogP contribution in [0.1, 0.15) is 0 Å². The number of nitrogens with zero attached hydrogens (tertiary/aromatic N) is 6. The first-order valence-corrected chi connectivity index (χ1v) is 5.21. The molecule has 82 valence electrons. The smallest absolute Gasteiger partial charge is 0.382 e. The van der Waals surface area contributed by atoms with Gasteiger partial charge in [0.15, 0.2) is 0 Å². The molecule has 0 aliphatic rings. The molecular weight excluding hydrogens is 235 g/mol. The summed E-state index contributed by atoms with van der Waals surface area (Å²) >= 11 is 0. The van der Waals surface area contributed by atoms with Crippen LogP contribution < -0.4 is 9.05 Å². The van der Waals surface area contributed by atoms with Crippen molar-refractivity contribution in [1.29, 1.82) is 0 Å². The highest BCUT2D eigenvalue weighted by Gasteiger charge is 2.07. The van der Waals surface area contributed by atoms with E-state index in [1.807, 2.05) is 0 Å². The lowest BCUT2D eigenvalue weighted by Gasteiger charge is -2.03. The Morgan fingerprint density at radius 2 is 1.19 bits per heavy atom. The molecule has 0 unspecified atom stereocenters. The van der Waals surface area contributed by atoms with E-state index in [4.69, 9.17) is 9.05 Å². The number of hydrogen-bond acceptors (Lipinski definition) is 9. The Labute approximate surface area is 89.9 Å². The molecule has 0 fully saturated rings. The molecule has 0 amide bonds. The Morgan fingerprint density at radius 1 is 0.812 bits per heavy atom. The van der Waals surface area contributed by atoms with E-state index >= 15 is 0 Å². The highest BCUT2D eigenvalue weighted by atomic mass is 31.1. The van der Waals surface area contributed by atoms with Crippen molar-refractivity contribution in [2.24, 2.45) is 0 Å². The minimum absolute atomic E-state index is 0.0899. The maximum Gasteiger partial charge on any atom is 0.423 e. The molecule has 16 heavy (non-hydrogen) atoms. The van der Waals surface area contributed by atoms with Gasteiger partial charge in [0.05, 0.1) is 0 Å².